The molecule has 0 radical (unpaired) electrons. The second-order valence-electron chi connectivity index (χ2n) is 5.89. The molecule has 0 aliphatic heterocycles. The molecule has 2 amide bonds. The SMILES string of the molecule is CCS(=O)(=O)c1ccc(C(=O)Nc2ccc(NC(=O)c3ccco3)cc2)cc1. The number of amides is 2. The highest BCUT2D eigenvalue weighted by atomic mass is 32.2. The van der Waals surface area contributed by atoms with Crippen molar-refractivity contribution in [2.24, 2.45) is 0 Å². The number of sulfone groups is 1. The predicted octanol–water partition coefficient (Wildman–Crippen LogP) is 3.58. The molecule has 1 aromatic heterocycles. The van der Waals surface area contributed by atoms with Crippen molar-refractivity contribution in [3.8, 4) is 0 Å². The molecule has 0 bridgehead atoms. The van der Waals surface area contributed by atoms with Gasteiger partial charge >= 0.3 is 0 Å². The van der Waals surface area contributed by atoms with Crippen LogP contribution in [0.1, 0.15) is 27.8 Å². The molecule has 0 saturated heterocycles. The monoisotopic (exact) mass is 398 g/mol. The number of benzene rings is 2. The van der Waals surface area contributed by atoms with Crippen molar-refractivity contribution in [1.82, 2.24) is 0 Å². The zero-order chi connectivity index (χ0) is 20.1. The summed E-state index contributed by atoms with van der Waals surface area (Å²) in [5, 5.41) is 5.40. The average molecular weight is 398 g/mol. The van der Waals surface area contributed by atoms with Gasteiger partial charge in [0.2, 0.25) is 0 Å². The second-order valence-corrected chi connectivity index (χ2v) is 8.17. The van der Waals surface area contributed by atoms with Crippen LogP contribution in [0.5, 0.6) is 0 Å². The fourth-order valence-electron chi connectivity index (χ4n) is 2.42. The summed E-state index contributed by atoms with van der Waals surface area (Å²) in [5.41, 5.74) is 1.42. The third-order valence-electron chi connectivity index (χ3n) is 4.00. The first kappa shape index (κ1) is 19.4. The summed E-state index contributed by atoms with van der Waals surface area (Å²) in [6, 6.07) is 15.5. The van der Waals surface area contributed by atoms with Crippen LogP contribution < -0.4 is 10.6 Å². The fraction of sp³-hybridized carbons (Fsp3) is 0.100. The minimum Gasteiger partial charge on any atom is -0.459 e. The van der Waals surface area contributed by atoms with Gasteiger partial charge in [-0.25, -0.2) is 8.42 Å². The quantitative estimate of drug-likeness (QED) is 0.660. The molecule has 8 heteroatoms. The van der Waals surface area contributed by atoms with Crippen molar-refractivity contribution in [1.29, 1.82) is 0 Å². The predicted molar refractivity (Wildman–Crippen MR) is 105 cm³/mol. The van der Waals surface area contributed by atoms with Gasteiger partial charge in [0.25, 0.3) is 11.8 Å². The standard InChI is InChI=1S/C20H18N2O5S/c1-2-28(25,26)17-11-5-14(6-12-17)19(23)21-15-7-9-16(10-8-15)22-20(24)18-4-3-13-27-18/h3-13H,2H2,1H3,(H,21,23)(H,22,24). The maximum atomic E-state index is 12.3. The average Bonchev–Trinajstić information content (AvgIpc) is 3.24. The van der Waals surface area contributed by atoms with Gasteiger partial charge in [-0.2, -0.15) is 0 Å². The smallest absolute Gasteiger partial charge is 0.291 e. The normalized spacial score (nSPS) is 11.0. The third kappa shape index (κ3) is 4.47. The van der Waals surface area contributed by atoms with E-state index >= 15 is 0 Å². The Hall–Kier alpha value is -3.39. The van der Waals surface area contributed by atoms with Gasteiger partial charge in [0.05, 0.1) is 16.9 Å². The van der Waals surface area contributed by atoms with Gasteiger partial charge < -0.3 is 15.1 Å². The Balaban J connectivity index is 1.63. The molecule has 3 aromatic rings. The number of hydrogen-bond acceptors (Lipinski definition) is 5. The lowest BCUT2D eigenvalue weighted by molar-refractivity contribution is 0.0994. The van der Waals surface area contributed by atoms with Gasteiger partial charge in [-0.1, -0.05) is 6.92 Å². The third-order valence-corrected chi connectivity index (χ3v) is 5.75. The van der Waals surface area contributed by atoms with Crippen molar-refractivity contribution in [3.63, 3.8) is 0 Å². The maximum Gasteiger partial charge on any atom is 0.291 e. The van der Waals surface area contributed by atoms with E-state index in [1.54, 1.807) is 43.3 Å². The van der Waals surface area contributed by atoms with Crippen LogP contribution in [0.2, 0.25) is 0 Å². The molecule has 0 saturated carbocycles. The van der Waals surface area contributed by atoms with Crippen LogP contribution in [0.15, 0.2) is 76.2 Å². The van der Waals surface area contributed by atoms with Gasteiger partial charge in [0.1, 0.15) is 0 Å². The van der Waals surface area contributed by atoms with Crippen molar-refractivity contribution in [3.05, 3.63) is 78.3 Å². The lowest BCUT2D eigenvalue weighted by atomic mass is 10.2. The molecule has 0 fully saturated rings. The molecular weight excluding hydrogens is 380 g/mol. The van der Waals surface area contributed by atoms with Crippen molar-refractivity contribution in [2.75, 3.05) is 16.4 Å². The molecule has 7 nitrogen and oxygen atoms in total. The van der Waals surface area contributed by atoms with E-state index in [-0.39, 0.29) is 28.2 Å². The summed E-state index contributed by atoms with van der Waals surface area (Å²) in [4.78, 5) is 24.4. The van der Waals surface area contributed by atoms with Crippen LogP contribution in [0.25, 0.3) is 0 Å². The van der Waals surface area contributed by atoms with Gasteiger partial charge in [-0.3, -0.25) is 9.59 Å². The molecule has 0 aliphatic carbocycles. The lowest BCUT2D eigenvalue weighted by Gasteiger charge is -2.08. The van der Waals surface area contributed by atoms with E-state index in [0.29, 0.717) is 16.9 Å². The van der Waals surface area contributed by atoms with Gasteiger partial charge in [0, 0.05) is 16.9 Å². The Morgan fingerprint density at radius 1 is 0.857 bits per heavy atom. The Morgan fingerprint density at radius 3 is 1.93 bits per heavy atom. The number of nitrogens with one attached hydrogen (secondary N) is 2. The molecule has 3 rings (SSSR count). The van der Waals surface area contributed by atoms with Crippen LogP contribution in [0.3, 0.4) is 0 Å². The van der Waals surface area contributed by atoms with Crippen LogP contribution in [-0.4, -0.2) is 26.0 Å². The van der Waals surface area contributed by atoms with E-state index in [9.17, 15) is 18.0 Å². The van der Waals surface area contributed by atoms with Gasteiger partial charge in [-0.05, 0) is 60.7 Å². The number of furan rings is 1. The van der Waals surface area contributed by atoms with E-state index in [1.165, 1.54) is 30.5 Å². The minimum absolute atomic E-state index is 0.00134. The summed E-state index contributed by atoms with van der Waals surface area (Å²) < 4.78 is 28.7. The topological polar surface area (TPSA) is 105 Å². The van der Waals surface area contributed by atoms with Crippen LogP contribution in [0.4, 0.5) is 11.4 Å². The molecule has 0 aliphatic rings. The Morgan fingerprint density at radius 2 is 1.43 bits per heavy atom. The summed E-state index contributed by atoms with van der Waals surface area (Å²) in [6.45, 7) is 1.57. The molecule has 144 valence electrons. The number of carbonyl (C=O) groups is 2. The number of hydrogen-bond donors (Lipinski definition) is 2. The number of carbonyl (C=O) groups excluding carboxylic acids is 2. The van der Waals surface area contributed by atoms with Crippen LogP contribution in [-0.2, 0) is 9.84 Å². The molecule has 0 atom stereocenters. The van der Waals surface area contributed by atoms with E-state index in [1.807, 2.05) is 0 Å². The molecule has 2 aromatic carbocycles. The van der Waals surface area contributed by atoms with Crippen molar-refractivity contribution in [2.45, 2.75) is 11.8 Å². The Bertz CT molecular complexity index is 1070. The molecule has 28 heavy (non-hydrogen) atoms. The zero-order valence-corrected chi connectivity index (χ0v) is 15.8. The van der Waals surface area contributed by atoms with E-state index in [4.69, 9.17) is 4.42 Å². The first-order chi connectivity index (χ1) is 13.4. The minimum atomic E-state index is -3.30. The summed E-state index contributed by atoms with van der Waals surface area (Å²) in [7, 11) is -3.30. The van der Waals surface area contributed by atoms with Crippen LogP contribution >= 0.6 is 0 Å². The molecule has 0 spiro atoms. The Kier molecular flexibility index (Phi) is 5.60. The van der Waals surface area contributed by atoms with Gasteiger partial charge in [-0.15, -0.1) is 0 Å². The highest BCUT2D eigenvalue weighted by molar-refractivity contribution is 7.91. The van der Waals surface area contributed by atoms with E-state index < -0.39 is 9.84 Å². The number of rotatable bonds is 6. The molecule has 0 unspecified atom stereocenters. The van der Waals surface area contributed by atoms with Crippen LogP contribution in [0, 0.1) is 0 Å². The fourth-order valence-corrected chi connectivity index (χ4v) is 3.31. The van der Waals surface area contributed by atoms with Gasteiger partial charge in [0.15, 0.2) is 15.6 Å². The van der Waals surface area contributed by atoms with Crippen molar-refractivity contribution >= 4 is 33.0 Å². The van der Waals surface area contributed by atoms with E-state index in [0.717, 1.165) is 0 Å². The first-order valence-electron chi connectivity index (χ1n) is 8.48. The maximum absolute atomic E-state index is 12.3. The Labute approximate surface area is 162 Å². The summed E-state index contributed by atoms with van der Waals surface area (Å²) >= 11 is 0. The first-order valence-corrected chi connectivity index (χ1v) is 10.1. The largest absolute Gasteiger partial charge is 0.459 e. The lowest BCUT2D eigenvalue weighted by Crippen LogP contribution is -2.13. The van der Waals surface area contributed by atoms with Crippen molar-refractivity contribution < 1.29 is 22.4 Å². The summed E-state index contributed by atoms with van der Waals surface area (Å²) in [6.07, 6.45) is 1.41. The highest BCUT2D eigenvalue weighted by Gasteiger charge is 2.13. The number of anilines is 2. The van der Waals surface area contributed by atoms with E-state index in [2.05, 4.69) is 10.6 Å². The molecule has 1 heterocycles. The summed E-state index contributed by atoms with van der Waals surface area (Å²) in [5.74, 6) is -0.538. The highest BCUT2D eigenvalue weighted by Crippen LogP contribution is 2.17. The zero-order valence-electron chi connectivity index (χ0n) is 15.0. The molecular formula is C20H18N2O5S. The second kappa shape index (κ2) is 8.10. The molecule has 2 N–H and O–H groups in total.